The van der Waals surface area contributed by atoms with Crippen molar-refractivity contribution in [1.82, 2.24) is 4.98 Å². The normalized spacial score (nSPS) is 15.5. The van der Waals surface area contributed by atoms with Crippen LogP contribution >= 0.6 is 0 Å². The van der Waals surface area contributed by atoms with Crippen LogP contribution in [0.3, 0.4) is 0 Å². The average molecular weight is 287 g/mol. The number of nitrogens with zero attached hydrogens (tertiary/aromatic N) is 1. The Kier molecular flexibility index (Phi) is 2.79. The molecular formula is C19H13NO2. The van der Waals surface area contributed by atoms with E-state index in [0.29, 0.717) is 17.6 Å². The van der Waals surface area contributed by atoms with Crippen LogP contribution in [0.2, 0.25) is 0 Å². The second-order valence-electron chi connectivity index (χ2n) is 5.45. The highest BCUT2D eigenvalue weighted by molar-refractivity contribution is 6.15. The lowest BCUT2D eigenvalue weighted by Crippen LogP contribution is -1.95. The minimum atomic E-state index is 0.0185. The van der Waals surface area contributed by atoms with Gasteiger partial charge in [0.1, 0.15) is 5.75 Å². The van der Waals surface area contributed by atoms with Crippen molar-refractivity contribution in [1.29, 1.82) is 0 Å². The van der Waals surface area contributed by atoms with Crippen molar-refractivity contribution < 1.29 is 9.90 Å². The van der Waals surface area contributed by atoms with E-state index in [4.69, 9.17) is 0 Å². The van der Waals surface area contributed by atoms with Crippen LogP contribution in [-0.4, -0.2) is 15.9 Å². The number of rotatable bonds is 1. The highest BCUT2D eigenvalue weighted by Crippen LogP contribution is 2.30. The summed E-state index contributed by atoms with van der Waals surface area (Å²) in [5.74, 6) is 0.210. The average Bonchev–Trinajstić information content (AvgIpc) is 2.82. The van der Waals surface area contributed by atoms with Gasteiger partial charge in [0.15, 0.2) is 5.78 Å². The number of phenolic OH excluding ortho intramolecular Hbond substituents is 1. The standard InChI is InChI=1S/C19H13NO2/c21-16-7-8-17-13(11-16)9-14(19(17)22)10-15-6-5-12-3-1-2-4-18(12)20-15/h1-8,10-11,21H,9H2. The number of fused-ring (bicyclic) bond motifs is 2. The third kappa shape index (κ3) is 2.07. The number of ketones is 1. The third-order valence-electron chi connectivity index (χ3n) is 3.95. The lowest BCUT2D eigenvalue weighted by atomic mass is 10.1. The van der Waals surface area contributed by atoms with Crippen LogP contribution in [0, 0.1) is 0 Å². The number of pyridine rings is 1. The number of phenols is 1. The fourth-order valence-corrected chi connectivity index (χ4v) is 2.86. The molecule has 4 rings (SSSR count). The lowest BCUT2D eigenvalue weighted by Gasteiger charge is -2.00. The number of Topliss-reactive ketones (excluding diaryl/α,β-unsaturated/α-hetero) is 1. The Balaban J connectivity index is 1.75. The van der Waals surface area contributed by atoms with Gasteiger partial charge in [-0.3, -0.25) is 4.79 Å². The van der Waals surface area contributed by atoms with Crippen LogP contribution in [0.5, 0.6) is 5.75 Å². The molecule has 0 spiro atoms. The zero-order chi connectivity index (χ0) is 15.1. The summed E-state index contributed by atoms with van der Waals surface area (Å²) in [6.45, 7) is 0. The number of benzene rings is 2. The summed E-state index contributed by atoms with van der Waals surface area (Å²) in [6.07, 6.45) is 2.38. The fourth-order valence-electron chi connectivity index (χ4n) is 2.86. The Bertz CT molecular complexity index is 941. The van der Waals surface area contributed by atoms with Crippen molar-refractivity contribution in [3.05, 3.63) is 77.0 Å². The van der Waals surface area contributed by atoms with E-state index >= 15 is 0 Å². The molecule has 1 heterocycles. The van der Waals surface area contributed by atoms with Crippen LogP contribution < -0.4 is 0 Å². The van der Waals surface area contributed by atoms with Crippen LogP contribution in [0.15, 0.2) is 60.2 Å². The number of para-hydroxylation sites is 1. The minimum absolute atomic E-state index is 0.0185. The van der Waals surface area contributed by atoms with E-state index in [9.17, 15) is 9.90 Å². The van der Waals surface area contributed by atoms with Gasteiger partial charge in [0.2, 0.25) is 0 Å². The van der Waals surface area contributed by atoms with E-state index in [1.165, 1.54) is 0 Å². The molecule has 0 amide bonds. The summed E-state index contributed by atoms with van der Waals surface area (Å²) in [4.78, 5) is 17.0. The van der Waals surface area contributed by atoms with Crippen molar-refractivity contribution in [3.8, 4) is 5.75 Å². The number of aromatic hydroxyl groups is 1. The molecule has 1 N–H and O–H groups in total. The Morgan fingerprint density at radius 3 is 2.82 bits per heavy atom. The summed E-state index contributed by atoms with van der Waals surface area (Å²) >= 11 is 0. The van der Waals surface area contributed by atoms with Gasteiger partial charge in [0.25, 0.3) is 0 Å². The van der Waals surface area contributed by atoms with E-state index in [0.717, 1.165) is 22.2 Å². The van der Waals surface area contributed by atoms with Crippen molar-refractivity contribution in [3.63, 3.8) is 0 Å². The summed E-state index contributed by atoms with van der Waals surface area (Å²) in [5.41, 5.74) is 3.95. The number of hydrogen-bond donors (Lipinski definition) is 1. The van der Waals surface area contributed by atoms with E-state index in [1.54, 1.807) is 18.2 Å². The number of allylic oxidation sites excluding steroid dienone is 1. The van der Waals surface area contributed by atoms with Gasteiger partial charge in [0.05, 0.1) is 11.2 Å². The molecule has 3 heteroatoms. The smallest absolute Gasteiger partial charge is 0.189 e. The van der Waals surface area contributed by atoms with E-state index < -0.39 is 0 Å². The van der Waals surface area contributed by atoms with Gasteiger partial charge in [-0.2, -0.15) is 0 Å². The topological polar surface area (TPSA) is 50.2 Å². The molecule has 2 aromatic carbocycles. The third-order valence-corrected chi connectivity index (χ3v) is 3.95. The van der Waals surface area contributed by atoms with Crippen LogP contribution in [-0.2, 0) is 6.42 Å². The predicted octanol–water partition coefficient (Wildman–Crippen LogP) is 3.76. The van der Waals surface area contributed by atoms with Crippen LogP contribution in [0.4, 0.5) is 0 Å². The van der Waals surface area contributed by atoms with Gasteiger partial charge in [-0.25, -0.2) is 4.98 Å². The molecule has 0 bridgehead atoms. The molecule has 3 nitrogen and oxygen atoms in total. The lowest BCUT2D eigenvalue weighted by molar-refractivity contribution is 0.104. The van der Waals surface area contributed by atoms with Gasteiger partial charge < -0.3 is 5.11 Å². The second-order valence-corrected chi connectivity index (χ2v) is 5.45. The van der Waals surface area contributed by atoms with Gasteiger partial charge in [0, 0.05) is 22.9 Å². The van der Waals surface area contributed by atoms with Gasteiger partial charge in [-0.05, 0) is 42.0 Å². The maximum absolute atomic E-state index is 12.4. The molecule has 0 aliphatic heterocycles. The molecule has 1 aliphatic rings. The van der Waals surface area contributed by atoms with Crippen molar-refractivity contribution in [2.24, 2.45) is 0 Å². The monoisotopic (exact) mass is 287 g/mol. The van der Waals surface area contributed by atoms with Gasteiger partial charge in [-0.15, -0.1) is 0 Å². The highest BCUT2D eigenvalue weighted by Gasteiger charge is 2.24. The molecule has 0 saturated heterocycles. The molecule has 0 atom stereocenters. The number of carbonyl (C=O) groups is 1. The zero-order valence-corrected chi connectivity index (χ0v) is 11.8. The molecule has 0 unspecified atom stereocenters. The summed E-state index contributed by atoms with van der Waals surface area (Å²) in [5, 5.41) is 10.6. The Morgan fingerprint density at radius 1 is 1.05 bits per heavy atom. The summed E-state index contributed by atoms with van der Waals surface area (Å²) in [7, 11) is 0. The molecule has 3 aromatic rings. The largest absolute Gasteiger partial charge is 0.508 e. The van der Waals surface area contributed by atoms with Crippen molar-refractivity contribution in [2.75, 3.05) is 0 Å². The molecular weight excluding hydrogens is 274 g/mol. The first kappa shape index (κ1) is 12.8. The predicted molar refractivity (Wildman–Crippen MR) is 85.9 cm³/mol. The molecule has 1 aromatic heterocycles. The maximum atomic E-state index is 12.4. The van der Waals surface area contributed by atoms with E-state index in [1.807, 2.05) is 42.5 Å². The molecule has 22 heavy (non-hydrogen) atoms. The van der Waals surface area contributed by atoms with Gasteiger partial charge >= 0.3 is 0 Å². The number of carbonyl (C=O) groups excluding carboxylic acids is 1. The summed E-state index contributed by atoms with van der Waals surface area (Å²) < 4.78 is 0. The van der Waals surface area contributed by atoms with Gasteiger partial charge in [-0.1, -0.05) is 24.3 Å². The Hall–Kier alpha value is -2.94. The van der Waals surface area contributed by atoms with Crippen molar-refractivity contribution in [2.45, 2.75) is 6.42 Å². The summed E-state index contributed by atoms with van der Waals surface area (Å²) in [6, 6.07) is 16.7. The maximum Gasteiger partial charge on any atom is 0.189 e. The minimum Gasteiger partial charge on any atom is -0.508 e. The Morgan fingerprint density at radius 2 is 1.91 bits per heavy atom. The first-order chi connectivity index (χ1) is 10.7. The van der Waals surface area contributed by atoms with E-state index in [-0.39, 0.29) is 11.5 Å². The fraction of sp³-hybridized carbons (Fsp3) is 0.0526. The first-order valence-corrected chi connectivity index (χ1v) is 7.14. The second kappa shape index (κ2) is 4.81. The molecule has 0 radical (unpaired) electrons. The SMILES string of the molecule is O=C1C(=Cc2ccc3ccccc3n2)Cc2cc(O)ccc21. The first-order valence-electron chi connectivity index (χ1n) is 7.14. The molecule has 1 aliphatic carbocycles. The van der Waals surface area contributed by atoms with E-state index in [2.05, 4.69) is 4.98 Å². The molecule has 0 fully saturated rings. The van der Waals surface area contributed by atoms with Crippen LogP contribution in [0.25, 0.3) is 17.0 Å². The Labute approximate surface area is 127 Å². The van der Waals surface area contributed by atoms with Crippen LogP contribution in [0.1, 0.15) is 21.6 Å². The molecule has 0 saturated carbocycles. The number of hydrogen-bond acceptors (Lipinski definition) is 3. The molecule has 106 valence electrons. The quantitative estimate of drug-likeness (QED) is 0.693. The number of aromatic nitrogens is 1. The zero-order valence-electron chi connectivity index (χ0n) is 11.8. The highest BCUT2D eigenvalue weighted by atomic mass is 16.3. The van der Waals surface area contributed by atoms with Crippen molar-refractivity contribution >= 4 is 22.8 Å².